The summed E-state index contributed by atoms with van der Waals surface area (Å²) in [6.07, 6.45) is 0.614. The van der Waals surface area contributed by atoms with Crippen LogP contribution in [0.4, 0.5) is 5.69 Å². The van der Waals surface area contributed by atoms with Gasteiger partial charge in [0.1, 0.15) is 0 Å². The van der Waals surface area contributed by atoms with Crippen molar-refractivity contribution in [3.63, 3.8) is 0 Å². The third-order valence-electron chi connectivity index (χ3n) is 3.74. The van der Waals surface area contributed by atoms with Crippen LogP contribution in [0.15, 0.2) is 18.2 Å². The molecule has 0 unspecified atom stereocenters. The molecular weight excluding hydrogens is 262 g/mol. The Morgan fingerprint density at radius 1 is 1.45 bits per heavy atom. The lowest BCUT2D eigenvalue weighted by Crippen LogP contribution is -2.34. The molecule has 1 N–H and O–H groups in total. The van der Waals surface area contributed by atoms with E-state index in [4.69, 9.17) is 5.11 Å². The van der Waals surface area contributed by atoms with E-state index in [2.05, 4.69) is 0 Å². The Morgan fingerprint density at radius 2 is 2.10 bits per heavy atom. The summed E-state index contributed by atoms with van der Waals surface area (Å²) in [6, 6.07) is 3.44. The number of anilines is 1. The predicted octanol–water partition coefficient (Wildman–Crippen LogP) is 1.14. The van der Waals surface area contributed by atoms with E-state index in [1.807, 2.05) is 6.92 Å². The second-order valence-corrected chi connectivity index (χ2v) is 5.11. The summed E-state index contributed by atoms with van der Waals surface area (Å²) in [5.41, 5.74) is -1.01. The molecule has 1 aliphatic rings. The van der Waals surface area contributed by atoms with Crippen LogP contribution in [0.3, 0.4) is 0 Å². The Balaban J connectivity index is 2.42. The lowest BCUT2D eigenvalue weighted by atomic mass is 9.86. The largest absolute Gasteiger partial charge is 0.872 e. The van der Waals surface area contributed by atoms with Gasteiger partial charge < -0.3 is 10.2 Å². The fourth-order valence-corrected chi connectivity index (χ4v) is 2.24. The maximum absolute atomic E-state index is 12.3. The predicted molar refractivity (Wildman–Crippen MR) is 68.4 cm³/mol. The SMILES string of the molecule is CC[C@@]1(C)CC(=O)N(c2ccc(C(=O)O)c([O-])c2)C1=O. The van der Waals surface area contributed by atoms with Crippen molar-refractivity contribution < 1.29 is 24.6 Å². The highest BCUT2D eigenvalue weighted by Gasteiger charge is 2.47. The van der Waals surface area contributed by atoms with Gasteiger partial charge in [0, 0.05) is 6.42 Å². The Kier molecular flexibility index (Phi) is 3.25. The molecule has 0 aromatic heterocycles. The topological polar surface area (TPSA) is 97.7 Å². The zero-order valence-corrected chi connectivity index (χ0v) is 11.2. The van der Waals surface area contributed by atoms with Crippen LogP contribution in [0.2, 0.25) is 0 Å². The van der Waals surface area contributed by atoms with Gasteiger partial charge in [-0.2, -0.15) is 0 Å². The maximum Gasteiger partial charge on any atom is 0.335 e. The van der Waals surface area contributed by atoms with Crippen molar-refractivity contribution in [1.82, 2.24) is 0 Å². The van der Waals surface area contributed by atoms with Crippen LogP contribution in [0.25, 0.3) is 0 Å². The lowest BCUT2D eigenvalue weighted by Gasteiger charge is -2.22. The molecule has 2 rings (SSSR count). The molecule has 1 aromatic rings. The van der Waals surface area contributed by atoms with Gasteiger partial charge in [-0.15, -0.1) is 0 Å². The van der Waals surface area contributed by atoms with Crippen LogP contribution in [-0.2, 0) is 9.59 Å². The van der Waals surface area contributed by atoms with Gasteiger partial charge >= 0.3 is 5.97 Å². The molecule has 0 bridgehead atoms. The number of aromatic carboxylic acids is 1. The minimum Gasteiger partial charge on any atom is -0.872 e. The number of carboxylic acids is 1. The van der Waals surface area contributed by atoms with Gasteiger partial charge in [-0.1, -0.05) is 19.6 Å². The fourth-order valence-electron chi connectivity index (χ4n) is 2.24. The van der Waals surface area contributed by atoms with E-state index >= 15 is 0 Å². The molecule has 1 heterocycles. The number of hydrogen-bond acceptors (Lipinski definition) is 4. The third kappa shape index (κ3) is 2.03. The first kappa shape index (κ1) is 14.0. The summed E-state index contributed by atoms with van der Waals surface area (Å²) in [7, 11) is 0. The number of carbonyl (C=O) groups excluding carboxylic acids is 2. The monoisotopic (exact) mass is 276 g/mol. The molecule has 1 fully saturated rings. The van der Waals surface area contributed by atoms with Crippen molar-refractivity contribution in [1.29, 1.82) is 0 Å². The van der Waals surface area contributed by atoms with Crippen molar-refractivity contribution in [2.45, 2.75) is 26.7 Å². The third-order valence-corrected chi connectivity index (χ3v) is 3.74. The number of carboxylic acid groups (broad SMARTS) is 1. The molecule has 6 nitrogen and oxygen atoms in total. The average molecular weight is 276 g/mol. The highest BCUT2D eigenvalue weighted by molar-refractivity contribution is 6.22. The van der Waals surface area contributed by atoms with Crippen LogP contribution in [0.1, 0.15) is 37.0 Å². The molecule has 1 saturated heterocycles. The van der Waals surface area contributed by atoms with Crippen molar-refractivity contribution >= 4 is 23.5 Å². The van der Waals surface area contributed by atoms with Gasteiger partial charge in [-0.25, -0.2) is 4.79 Å². The molecule has 0 saturated carbocycles. The molecule has 1 atom stereocenters. The zero-order valence-electron chi connectivity index (χ0n) is 11.2. The van der Waals surface area contributed by atoms with Crippen molar-refractivity contribution in [3.05, 3.63) is 23.8 Å². The number of carbonyl (C=O) groups is 3. The number of imide groups is 1. The Bertz CT molecular complexity index is 610. The first-order valence-corrected chi connectivity index (χ1v) is 6.22. The fraction of sp³-hybridized carbons (Fsp3) is 0.357. The molecule has 6 heteroatoms. The second-order valence-electron chi connectivity index (χ2n) is 5.11. The molecule has 1 aliphatic heterocycles. The first-order chi connectivity index (χ1) is 9.30. The Labute approximate surface area is 115 Å². The minimum atomic E-state index is -1.33. The summed E-state index contributed by atoms with van der Waals surface area (Å²) in [5.74, 6) is -2.78. The van der Waals surface area contributed by atoms with E-state index < -0.39 is 17.1 Å². The Morgan fingerprint density at radius 3 is 2.55 bits per heavy atom. The van der Waals surface area contributed by atoms with E-state index in [9.17, 15) is 19.5 Å². The number of benzene rings is 1. The molecule has 0 spiro atoms. The first-order valence-electron chi connectivity index (χ1n) is 6.22. The lowest BCUT2D eigenvalue weighted by molar-refractivity contribution is -0.268. The van der Waals surface area contributed by atoms with Gasteiger partial charge in [0.2, 0.25) is 11.8 Å². The molecule has 106 valence electrons. The van der Waals surface area contributed by atoms with Crippen molar-refractivity contribution in [2.24, 2.45) is 5.41 Å². The van der Waals surface area contributed by atoms with Gasteiger partial charge in [-0.05, 0) is 24.6 Å². The van der Waals surface area contributed by atoms with E-state index in [1.54, 1.807) is 6.92 Å². The van der Waals surface area contributed by atoms with E-state index in [0.717, 1.165) is 17.0 Å². The van der Waals surface area contributed by atoms with Gasteiger partial charge in [0.05, 0.1) is 16.7 Å². The molecule has 0 aliphatic carbocycles. The van der Waals surface area contributed by atoms with Gasteiger partial charge in [0.25, 0.3) is 0 Å². The summed E-state index contributed by atoms with van der Waals surface area (Å²) in [6.45, 7) is 3.53. The summed E-state index contributed by atoms with van der Waals surface area (Å²) in [5, 5.41) is 20.5. The number of rotatable bonds is 3. The van der Waals surface area contributed by atoms with E-state index in [-0.39, 0.29) is 29.5 Å². The minimum absolute atomic E-state index is 0.0945. The van der Waals surface area contributed by atoms with Crippen LogP contribution in [0.5, 0.6) is 5.75 Å². The number of amides is 2. The molecule has 20 heavy (non-hydrogen) atoms. The maximum atomic E-state index is 12.3. The highest BCUT2D eigenvalue weighted by Crippen LogP contribution is 2.38. The molecular formula is C14H14NO5-. The van der Waals surface area contributed by atoms with E-state index in [1.165, 1.54) is 6.07 Å². The van der Waals surface area contributed by atoms with Crippen LogP contribution in [0, 0.1) is 5.41 Å². The molecule has 2 amide bonds. The number of hydrogen-bond donors (Lipinski definition) is 1. The van der Waals surface area contributed by atoms with Gasteiger partial charge in [-0.3, -0.25) is 14.5 Å². The normalized spacial score (nSPS) is 22.4. The Hall–Kier alpha value is -2.37. The average Bonchev–Trinajstić information content (AvgIpc) is 2.60. The zero-order chi connectivity index (χ0) is 15.1. The molecule has 0 radical (unpaired) electrons. The van der Waals surface area contributed by atoms with Crippen molar-refractivity contribution in [3.8, 4) is 5.75 Å². The van der Waals surface area contributed by atoms with Crippen LogP contribution in [-0.4, -0.2) is 22.9 Å². The number of nitrogens with zero attached hydrogens (tertiary/aromatic N) is 1. The molecule has 1 aromatic carbocycles. The smallest absolute Gasteiger partial charge is 0.335 e. The summed E-state index contributed by atoms with van der Waals surface area (Å²) in [4.78, 5) is 36.0. The quantitative estimate of drug-likeness (QED) is 0.835. The van der Waals surface area contributed by atoms with Crippen molar-refractivity contribution in [2.75, 3.05) is 4.90 Å². The second kappa shape index (κ2) is 4.63. The van der Waals surface area contributed by atoms with Gasteiger partial charge in [0.15, 0.2) is 0 Å². The van der Waals surface area contributed by atoms with Crippen LogP contribution < -0.4 is 10.0 Å². The highest BCUT2D eigenvalue weighted by atomic mass is 16.4. The standard InChI is InChI=1S/C14H15NO5/c1-3-14(2)7-11(17)15(13(14)20)8-4-5-9(12(18)19)10(16)6-8/h4-6,16H,3,7H2,1-2H3,(H,18,19)/p-1/t14-/m0/s1. The summed E-state index contributed by atoms with van der Waals surface area (Å²) < 4.78 is 0. The van der Waals surface area contributed by atoms with Crippen LogP contribution >= 0.6 is 0 Å². The van der Waals surface area contributed by atoms with E-state index in [0.29, 0.717) is 6.42 Å². The summed E-state index contributed by atoms with van der Waals surface area (Å²) >= 11 is 0.